The van der Waals surface area contributed by atoms with Crippen molar-refractivity contribution in [2.24, 2.45) is 5.73 Å². The number of aliphatic carboxylic acids is 1. The molecule has 0 bridgehead atoms. The Labute approximate surface area is 101 Å². The van der Waals surface area contributed by atoms with Gasteiger partial charge in [0.05, 0.1) is 0 Å². The Hall–Kier alpha value is -1.14. The number of carboxylic acid groups (broad SMARTS) is 1. The van der Waals surface area contributed by atoms with Crippen molar-refractivity contribution in [3.63, 3.8) is 0 Å². The zero-order valence-corrected chi connectivity index (χ0v) is 10.2. The zero-order valence-electron chi connectivity index (χ0n) is 10.2. The van der Waals surface area contributed by atoms with Gasteiger partial charge in [0.15, 0.2) is 0 Å². The Balaban J connectivity index is 2.19. The van der Waals surface area contributed by atoms with Crippen LogP contribution in [-0.4, -0.2) is 54.1 Å². The molecule has 1 atom stereocenters. The topological polar surface area (TPSA) is 95.7 Å². The third-order valence-electron chi connectivity index (χ3n) is 3.08. The highest BCUT2D eigenvalue weighted by Crippen LogP contribution is 2.08. The molecule has 0 unspecified atom stereocenters. The number of rotatable bonds is 5. The Kier molecular flexibility index (Phi) is 5.37. The first kappa shape index (κ1) is 13.9. The van der Waals surface area contributed by atoms with Crippen LogP contribution in [0.2, 0.25) is 0 Å². The normalized spacial score (nSPS) is 19.9. The fraction of sp³-hybridized carbons (Fsp3) is 0.818. The third kappa shape index (κ3) is 5.14. The quantitative estimate of drug-likeness (QED) is 0.598. The zero-order chi connectivity index (χ0) is 12.8. The first-order chi connectivity index (χ1) is 7.99. The van der Waals surface area contributed by atoms with Gasteiger partial charge in [-0.15, -0.1) is 0 Å². The van der Waals surface area contributed by atoms with E-state index in [1.165, 1.54) is 0 Å². The van der Waals surface area contributed by atoms with Gasteiger partial charge in [0.2, 0.25) is 5.91 Å². The molecule has 1 rings (SSSR count). The van der Waals surface area contributed by atoms with Gasteiger partial charge in [-0.3, -0.25) is 9.59 Å². The van der Waals surface area contributed by atoms with E-state index in [1.807, 2.05) is 0 Å². The van der Waals surface area contributed by atoms with Crippen LogP contribution in [-0.2, 0) is 9.59 Å². The van der Waals surface area contributed by atoms with Crippen molar-refractivity contribution in [3.8, 4) is 0 Å². The molecule has 0 aromatic heterocycles. The van der Waals surface area contributed by atoms with Crippen molar-refractivity contribution < 1.29 is 14.7 Å². The summed E-state index contributed by atoms with van der Waals surface area (Å²) < 4.78 is 0. The molecule has 1 aliphatic heterocycles. The maximum atomic E-state index is 11.5. The number of nitrogens with zero attached hydrogens (tertiary/aromatic N) is 1. The minimum Gasteiger partial charge on any atom is -0.480 e. The van der Waals surface area contributed by atoms with Crippen LogP contribution in [0, 0.1) is 0 Å². The van der Waals surface area contributed by atoms with Gasteiger partial charge in [-0.05, 0) is 39.4 Å². The molecule has 1 heterocycles. The molecule has 1 amide bonds. The number of hydrogen-bond acceptors (Lipinski definition) is 4. The highest BCUT2D eigenvalue weighted by atomic mass is 16.4. The molecule has 0 radical (unpaired) electrons. The summed E-state index contributed by atoms with van der Waals surface area (Å²) in [6, 6.07) is -0.724. The van der Waals surface area contributed by atoms with E-state index >= 15 is 0 Å². The van der Waals surface area contributed by atoms with Gasteiger partial charge >= 0.3 is 5.97 Å². The number of carbonyl (C=O) groups excluding carboxylic acids is 1. The molecule has 6 heteroatoms. The highest BCUT2D eigenvalue weighted by Gasteiger charge is 2.19. The third-order valence-corrected chi connectivity index (χ3v) is 3.08. The maximum absolute atomic E-state index is 11.5. The SMILES string of the molecule is CN1CCC(NC(=O)CC[C@H](N)C(=O)O)CC1. The molecule has 4 N–H and O–H groups in total. The van der Waals surface area contributed by atoms with Crippen molar-refractivity contribution in [1.82, 2.24) is 10.2 Å². The summed E-state index contributed by atoms with van der Waals surface area (Å²) in [5.74, 6) is -1.16. The lowest BCUT2D eigenvalue weighted by Crippen LogP contribution is -2.43. The molecule has 17 heavy (non-hydrogen) atoms. The van der Waals surface area contributed by atoms with Crippen LogP contribution in [0.15, 0.2) is 0 Å². The van der Waals surface area contributed by atoms with E-state index in [1.54, 1.807) is 0 Å². The van der Waals surface area contributed by atoms with Crippen LogP contribution in [0.5, 0.6) is 0 Å². The molecule has 1 saturated heterocycles. The van der Waals surface area contributed by atoms with Crippen molar-refractivity contribution in [3.05, 3.63) is 0 Å². The molecule has 1 fully saturated rings. The number of piperidine rings is 1. The predicted molar refractivity (Wildman–Crippen MR) is 63.5 cm³/mol. The van der Waals surface area contributed by atoms with Crippen LogP contribution in [0.4, 0.5) is 0 Å². The lowest BCUT2D eigenvalue weighted by Gasteiger charge is -2.29. The van der Waals surface area contributed by atoms with Crippen LogP contribution < -0.4 is 11.1 Å². The Morgan fingerprint density at radius 3 is 2.59 bits per heavy atom. The van der Waals surface area contributed by atoms with Gasteiger partial charge in [0.25, 0.3) is 0 Å². The Morgan fingerprint density at radius 2 is 2.06 bits per heavy atom. The van der Waals surface area contributed by atoms with E-state index < -0.39 is 12.0 Å². The Bertz CT molecular complexity index is 275. The minimum atomic E-state index is -1.06. The average molecular weight is 243 g/mol. The number of nitrogens with two attached hydrogens (primary N) is 1. The summed E-state index contributed by atoms with van der Waals surface area (Å²) >= 11 is 0. The summed E-state index contributed by atoms with van der Waals surface area (Å²) in [7, 11) is 2.06. The summed E-state index contributed by atoms with van der Waals surface area (Å²) in [4.78, 5) is 24.2. The minimum absolute atomic E-state index is 0.101. The fourth-order valence-corrected chi connectivity index (χ4v) is 1.86. The number of carboxylic acids is 1. The van der Waals surface area contributed by atoms with Gasteiger partial charge < -0.3 is 21.1 Å². The first-order valence-electron chi connectivity index (χ1n) is 5.95. The van der Waals surface area contributed by atoms with E-state index in [0.717, 1.165) is 25.9 Å². The van der Waals surface area contributed by atoms with E-state index in [0.29, 0.717) is 0 Å². The maximum Gasteiger partial charge on any atom is 0.320 e. The summed E-state index contributed by atoms with van der Waals surface area (Å²) in [6.07, 6.45) is 2.27. The number of likely N-dealkylation sites (tertiary alicyclic amines) is 1. The van der Waals surface area contributed by atoms with Gasteiger partial charge in [-0.1, -0.05) is 0 Å². The van der Waals surface area contributed by atoms with Gasteiger partial charge in [-0.2, -0.15) is 0 Å². The summed E-state index contributed by atoms with van der Waals surface area (Å²) in [6.45, 7) is 1.97. The molecular formula is C11H21N3O3. The molecule has 0 saturated carbocycles. The second-order valence-corrected chi connectivity index (χ2v) is 4.63. The van der Waals surface area contributed by atoms with Crippen molar-refractivity contribution in [2.75, 3.05) is 20.1 Å². The van der Waals surface area contributed by atoms with Gasteiger partial charge in [0.1, 0.15) is 6.04 Å². The summed E-state index contributed by atoms with van der Waals surface area (Å²) in [5.41, 5.74) is 5.33. The second-order valence-electron chi connectivity index (χ2n) is 4.63. The van der Waals surface area contributed by atoms with E-state index in [4.69, 9.17) is 10.8 Å². The standard InChI is InChI=1S/C11H21N3O3/c1-14-6-4-8(5-7-14)13-10(15)3-2-9(12)11(16)17/h8-9H,2-7,12H2,1H3,(H,13,15)(H,16,17)/t9-/m0/s1. The highest BCUT2D eigenvalue weighted by molar-refractivity contribution is 5.78. The second kappa shape index (κ2) is 6.56. The molecule has 1 aliphatic rings. The largest absolute Gasteiger partial charge is 0.480 e. The van der Waals surface area contributed by atoms with Crippen molar-refractivity contribution >= 4 is 11.9 Å². The smallest absolute Gasteiger partial charge is 0.320 e. The van der Waals surface area contributed by atoms with E-state index in [2.05, 4.69) is 17.3 Å². The number of carbonyl (C=O) groups is 2. The van der Waals surface area contributed by atoms with Crippen molar-refractivity contribution in [2.45, 2.75) is 37.8 Å². The van der Waals surface area contributed by atoms with Crippen molar-refractivity contribution in [1.29, 1.82) is 0 Å². The van der Waals surface area contributed by atoms with Crippen LogP contribution >= 0.6 is 0 Å². The molecule has 6 nitrogen and oxygen atoms in total. The Morgan fingerprint density at radius 1 is 1.47 bits per heavy atom. The molecule has 0 aliphatic carbocycles. The fourth-order valence-electron chi connectivity index (χ4n) is 1.86. The number of amides is 1. The monoisotopic (exact) mass is 243 g/mol. The molecule has 98 valence electrons. The lowest BCUT2D eigenvalue weighted by molar-refractivity contribution is -0.138. The molecule has 0 aromatic carbocycles. The first-order valence-corrected chi connectivity index (χ1v) is 5.95. The van der Waals surface area contributed by atoms with Gasteiger partial charge in [0, 0.05) is 12.5 Å². The number of nitrogens with one attached hydrogen (secondary N) is 1. The number of hydrogen-bond donors (Lipinski definition) is 3. The molecule has 0 spiro atoms. The van der Waals surface area contributed by atoms with Gasteiger partial charge in [-0.25, -0.2) is 0 Å². The average Bonchev–Trinajstić information content (AvgIpc) is 2.29. The molecule has 0 aromatic rings. The molecular weight excluding hydrogens is 222 g/mol. The van der Waals surface area contributed by atoms with E-state index in [-0.39, 0.29) is 24.8 Å². The van der Waals surface area contributed by atoms with Crippen LogP contribution in [0.1, 0.15) is 25.7 Å². The van der Waals surface area contributed by atoms with E-state index in [9.17, 15) is 9.59 Å². The van der Waals surface area contributed by atoms with Crippen LogP contribution in [0.25, 0.3) is 0 Å². The summed E-state index contributed by atoms with van der Waals surface area (Å²) in [5, 5.41) is 11.5. The predicted octanol–water partition coefficient (Wildman–Crippen LogP) is -0.611. The lowest BCUT2D eigenvalue weighted by atomic mass is 10.0. The van der Waals surface area contributed by atoms with Crippen LogP contribution in [0.3, 0.4) is 0 Å².